The van der Waals surface area contributed by atoms with E-state index >= 15 is 0 Å². The first-order valence-corrected chi connectivity index (χ1v) is 8.28. The lowest BCUT2D eigenvalue weighted by Crippen LogP contribution is -2.09. The quantitative estimate of drug-likeness (QED) is 0.913. The molecule has 18 heavy (non-hydrogen) atoms. The van der Waals surface area contributed by atoms with Gasteiger partial charge in [-0.3, -0.25) is 0 Å². The standard InChI is InChI=1S/C14H20O3S/c1-9(11-7-8-11)12-5-4-6-13(14(12)15)10(2)18(3,16)17/h4-6,9-11,15H,7-8H2,1-3H3/t9-,10-/m1/s1. The van der Waals surface area contributed by atoms with Gasteiger partial charge in [-0.05, 0) is 37.2 Å². The van der Waals surface area contributed by atoms with Crippen molar-refractivity contribution in [3.63, 3.8) is 0 Å². The third-order valence-electron chi connectivity index (χ3n) is 4.00. The summed E-state index contributed by atoms with van der Waals surface area (Å²) in [6.45, 7) is 3.72. The average molecular weight is 268 g/mol. The van der Waals surface area contributed by atoms with Gasteiger partial charge in [0.1, 0.15) is 5.75 Å². The molecular weight excluding hydrogens is 248 g/mol. The molecule has 2 rings (SSSR count). The highest BCUT2D eigenvalue weighted by Crippen LogP contribution is 2.46. The van der Waals surface area contributed by atoms with Gasteiger partial charge in [-0.15, -0.1) is 0 Å². The van der Waals surface area contributed by atoms with Crippen LogP contribution in [-0.2, 0) is 9.84 Å². The molecule has 0 aromatic heterocycles. The summed E-state index contributed by atoms with van der Waals surface area (Å²) in [5, 5.41) is 9.64. The fourth-order valence-electron chi connectivity index (χ4n) is 2.36. The molecule has 2 atom stereocenters. The van der Waals surface area contributed by atoms with Gasteiger partial charge in [0.15, 0.2) is 9.84 Å². The van der Waals surface area contributed by atoms with Crippen LogP contribution in [0.1, 0.15) is 49.0 Å². The van der Waals surface area contributed by atoms with E-state index in [0.717, 1.165) is 5.56 Å². The minimum absolute atomic E-state index is 0.162. The summed E-state index contributed by atoms with van der Waals surface area (Å²) < 4.78 is 23.2. The second kappa shape index (κ2) is 4.57. The molecule has 0 unspecified atom stereocenters. The SMILES string of the molecule is C[C@H](c1cccc([C@H](C)C2CC2)c1O)S(C)(=O)=O. The predicted octanol–water partition coefficient (Wildman–Crippen LogP) is 3.01. The van der Waals surface area contributed by atoms with Gasteiger partial charge in [-0.25, -0.2) is 8.42 Å². The summed E-state index contributed by atoms with van der Waals surface area (Å²) >= 11 is 0. The Morgan fingerprint density at radius 2 is 1.78 bits per heavy atom. The van der Waals surface area contributed by atoms with Crippen LogP contribution in [0.4, 0.5) is 0 Å². The van der Waals surface area contributed by atoms with Crippen LogP contribution < -0.4 is 0 Å². The molecule has 1 saturated carbocycles. The zero-order chi connectivity index (χ0) is 13.5. The molecule has 0 amide bonds. The molecule has 4 heteroatoms. The van der Waals surface area contributed by atoms with Crippen LogP contribution in [-0.4, -0.2) is 19.8 Å². The van der Waals surface area contributed by atoms with Crippen LogP contribution in [0.3, 0.4) is 0 Å². The van der Waals surface area contributed by atoms with E-state index in [9.17, 15) is 13.5 Å². The van der Waals surface area contributed by atoms with Crippen LogP contribution in [0.15, 0.2) is 18.2 Å². The second-order valence-corrected chi connectivity index (χ2v) is 7.75. The van der Waals surface area contributed by atoms with Crippen LogP contribution in [0.25, 0.3) is 0 Å². The number of hydrogen-bond acceptors (Lipinski definition) is 3. The average Bonchev–Trinajstić information content (AvgIpc) is 3.10. The number of phenolic OH excluding ortho intramolecular Hbond substituents is 1. The molecule has 0 spiro atoms. The van der Waals surface area contributed by atoms with Crippen molar-refractivity contribution in [2.45, 2.75) is 37.9 Å². The van der Waals surface area contributed by atoms with Crippen molar-refractivity contribution in [1.82, 2.24) is 0 Å². The van der Waals surface area contributed by atoms with E-state index in [1.165, 1.54) is 19.1 Å². The van der Waals surface area contributed by atoms with E-state index in [1.807, 2.05) is 12.1 Å². The first-order valence-electron chi connectivity index (χ1n) is 6.33. The molecule has 0 heterocycles. The normalized spacial score (nSPS) is 19.5. The largest absolute Gasteiger partial charge is 0.507 e. The summed E-state index contributed by atoms with van der Waals surface area (Å²) in [6, 6.07) is 5.44. The summed E-state index contributed by atoms with van der Waals surface area (Å²) in [6.07, 6.45) is 3.60. The third kappa shape index (κ3) is 2.53. The maximum absolute atomic E-state index is 11.6. The van der Waals surface area contributed by atoms with Crippen LogP contribution in [0, 0.1) is 5.92 Å². The zero-order valence-electron chi connectivity index (χ0n) is 11.1. The molecule has 100 valence electrons. The maximum atomic E-state index is 11.6. The molecule has 0 bridgehead atoms. The lowest BCUT2D eigenvalue weighted by molar-refractivity contribution is 0.450. The molecule has 0 saturated heterocycles. The Bertz CT molecular complexity index is 544. The minimum Gasteiger partial charge on any atom is -0.507 e. The minimum atomic E-state index is -3.19. The van der Waals surface area contributed by atoms with Crippen molar-refractivity contribution in [2.24, 2.45) is 5.92 Å². The van der Waals surface area contributed by atoms with Crippen molar-refractivity contribution in [3.05, 3.63) is 29.3 Å². The highest BCUT2D eigenvalue weighted by Gasteiger charge is 2.31. The molecule has 1 aliphatic rings. The number of aromatic hydroxyl groups is 1. The van der Waals surface area contributed by atoms with Gasteiger partial charge in [0.2, 0.25) is 0 Å². The van der Waals surface area contributed by atoms with Gasteiger partial charge in [-0.1, -0.05) is 25.1 Å². The lowest BCUT2D eigenvalue weighted by Gasteiger charge is -2.18. The summed E-state index contributed by atoms with van der Waals surface area (Å²) in [5.41, 5.74) is 1.40. The van der Waals surface area contributed by atoms with E-state index in [2.05, 4.69) is 6.92 Å². The first-order chi connectivity index (χ1) is 8.32. The third-order valence-corrected chi connectivity index (χ3v) is 5.54. The smallest absolute Gasteiger partial charge is 0.154 e. The Kier molecular flexibility index (Phi) is 3.41. The van der Waals surface area contributed by atoms with Crippen LogP contribution >= 0.6 is 0 Å². The lowest BCUT2D eigenvalue weighted by atomic mass is 9.93. The van der Waals surface area contributed by atoms with Gasteiger partial charge in [0.25, 0.3) is 0 Å². The van der Waals surface area contributed by atoms with E-state index in [1.54, 1.807) is 13.0 Å². The van der Waals surface area contributed by atoms with Crippen molar-refractivity contribution in [3.8, 4) is 5.75 Å². The molecule has 1 aromatic carbocycles. The number of para-hydroxylation sites is 1. The summed E-state index contributed by atoms with van der Waals surface area (Å²) in [4.78, 5) is 0. The van der Waals surface area contributed by atoms with Crippen LogP contribution in [0.5, 0.6) is 5.75 Å². The predicted molar refractivity (Wildman–Crippen MR) is 72.5 cm³/mol. The van der Waals surface area contributed by atoms with E-state index in [0.29, 0.717) is 17.4 Å². The number of rotatable bonds is 4. The molecule has 1 fully saturated rings. The molecule has 0 aliphatic heterocycles. The molecular formula is C14H20O3S. The van der Waals surface area contributed by atoms with Gasteiger partial charge < -0.3 is 5.11 Å². The van der Waals surface area contributed by atoms with Gasteiger partial charge in [-0.2, -0.15) is 0 Å². The number of benzene rings is 1. The Labute approximate surface area is 109 Å². The molecule has 1 N–H and O–H groups in total. The topological polar surface area (TPSA) is 54.4 Å². The number of phenols is 1. The fraction of sp³-hybridized carbons (Fsp3) is 0.571. The highest BCUT2D eigenvalue weighted by atomic mass is 32.2. The number of sulfone groups is 1. The Morgan fingerprint density at radius 1 is 1.22 bits per heavy atom. The van der Waals surface area contributed by atoms with Crippen molar-refractivity contribution >= 4 is 9.84 Å². The monoisotopic (exact) mass is 268 g/mol. The van der Waals surface area contributed by atoms with Crippen molar-refractivity contribution in [2.75, 3.05) is 6.26 Å². The van der Waals surface area contributed by atoms with Gasteiger partial charge in [0.05, 0.1) is 5.25 Å². The van der Waals surface area contributed by atoms with E-state index < -0.39 is 15.1 Å². The fourth-order valence-corrected chi connectivity index (χ4v) is 3.01. The zero-order valence-corrected chi connectivity index (χ0v) is 11.9. The first kappa shape index (κ1) is 13.4. The Hall–Kier alpha value is -1.03. The Balaban J connectivity index is 2.41. The maximum Gasteiger partial charge on any atom is 0.154 e. The molecule has 0 radical (unpaired) electrons. The molecule has 3 nitrogen and oxygen atoms in total. The molecule has 1 aromatic rings. The summed E-state index contributed by atoms with van der Waals surface area (Å²) in [5.74, 6) is 1.10. The van der Waals surface area contributed by atoms with Crippen molar-refractivity contribution < 1.29 is 13.5 Å². The second-order valence-electron chi connectivity index (χ2n) is 5.38. The Morgan fingerprint density at radius 3 is 2.28 bits per heavy atom. The van der Waals surface area contributed by atoms with Crippen LogP contribution in [0.2, 0.25) is 0 Å². The van der Waals surface area contributed by atoms with E-state index in [-0.39, 0.29) is 5.75 Å². The van der Waals surface area contributed by atoms with Gasteiger partial charge in [0, 0.05) is 11.8 Å². The van der Waals surface area contributed by atoms with Crippen molar-refractivity contribution in [1.29, 1.82) is 0 Å². The summed E-state index contributed by atoms with van der Waals surface area (Å²) in [7, 11) is -3.19. The van der Waals surface area contributed by atoms with E-state index in [4.69, 9.17) is 0 Å². The van der Waals surface area contributed by atoms with Gasteiger partial charge >= 0.3 is 0 Å². The highest BCUT2D eigenvalue weighted by molar-refractivity contribution is 7.90. The number of hydrogen-bond donors (Lipinski definition) is 1. The molecule has 1 aliphatic carbocycles.